The van der Waals surface area contributed by atoms with Crippen LogP contribution in [0, 0.1) is 12.8 Å². The first-order chi connectivity index (χ1) is 12.4. The van der Waals surface area contributed by atoms with Crippen molar-refractivity contribution >= 4 is 17.5 Å². The van der Waals surface area contributed by atoms with Crippen molar-refractivity contribution in [1.29, 1.82) is 0 Å². The van der Waals surface area contributed by atoms with E-state index in [1.165, 1.54) is 0 Å². The second kappa shape index (κ2) is 7.78. The van der Waals surface area contributed by atoms with Crippen molar-refractivity contribution in [2.75, 3.05) is 25.0 Å². The van der Waals surface area contributed by atoms with E-state index < -0.39 is 5.54 Å². The van der Waals surface area contributed by atoms with Crippen molar-refractivity contribution in [2.24, 2.45) is 5.92 Å². The molecule has 2 saturated heterocycles. The highest BCUT2D eigenvalue weighted by Gasteiger charge is 2.34. The van der Waals surface area contributed by atoms with E-state index in [-0.39, 0.29) is 11.8 Å². The molecule has 2 N–H and O–H groups in total. The third-order valence-corrected chi connectivity index (χ3v) is 5.91. The molecule has 1 atom stereocenters. The summed E-state index contributed by atoms with van der Waals surface area (Å²) in [6, 6.07) is 5.59. The third kappa shape index (κ3) is 4.09. The van der Waals surface area contributed by atoms with Gasteiger partial charge in [0.25, 0.3) is 5.91 Å². The number of hydrogen-bond donors (Lipinski definition) is 2. The van der Waals surface area contributed by atoms with Gasteiger partial charge in [0.05, 0.1) is 5.54 Å². The maximum atomic E-state index is 12.7. The summed E-state index contributed by atoms with van der Waals surface area (Å²) < 4.78 is 0. The Bertz CT molecular complexity index is 672. The lowest BCUT2D eigenvalue weighted by molar-refractivity contribution is -0.122. The zero-order valence-corrected chi connectivity index (χ0v) is 16.2. The molecule has 2 amide bonds. The number of hydrogen-bond acceptors (Lipinski definition) is 3. The fourth-order valence-corrected chi connectivity index (χ4v) is 3.84. The van der Waals surface area contributed by atoms with E-state index in [1.807, 2.05) is 36.9 Å². The lowest BCUT2D eigenvalue weighted by Gasteiger charge is -2.33. The normalized spacial score (nSPS) is 24.3. The summed E-state index contributed by atoms with van der Waals surface area (Å²) in [6.07, 6.45) is 5.18. The molecule has 3 rings (SSSR count). The van der Waals surface area contributed by atoms with Gasteiger partial charge in [-0.05, 0) is 82.2 Å². The molecule has 0 bridgehead atoms. The van der Waals surface area contributed by atoms with Gasteiger partial charge in [-0.2, -0.15) is 0 Å². The third-order valence-electron chi connectivity index (χ3n) is 5.91. The summed E-state index contributed by atoms with van der Waals surface area (Å²) in [4.78, 5) is 27.4. The minimum atomic E-state index is -0.510. The standard InChI is InChI=1S/C21H31N3O2/c1-15-8-12-24(13-9-15)19(25)17-6-7-18(16(2)14-17)23-20(26)21(3)10-4-5-11-22-21/h6-7,14-15,22H,4-5,8-13H2,1-3H3,(H,23,26). The highest BCUT2D eigenvalue weighted by molar-refractivity contribution is 6.00. The van der Waals surface area contributed by atoms with Gasteiger partial charge < -0.3 is 15.5 Å². The van der Waals surface area contributed by atoms with E-state index in [2.05, 4.69) is 17.6 Å². The fourth-order valence-electron chi connectivity index (χ4n) is 3.84. The number of piperidine rings is 2. The summed E-state index contributed by atoms with van der Waals surface area (Å²) in [5, 5.41) is 6.38. The van der Waals surface area contributed by atoms with E-state index in [4.69, 9.17) is 0 Å². The first kappa shape index (κ1) is 18.9. The van der Waals surface area contributed by atoms with Crippen LogP contribution in [0.5, 0.6) is 0 Å². The van der Waals surface area contributed by atoms with Crippen LogP contribution in [0.15, 0.2) is 18.2 Å². The Hall–Kier alpha value is -1.88. The van der Waals surface area contributed by atoms with Gasteiger partial charge in [0.1, 0.15) is 0 Å². The van der Waals surface area contributed by atoms with Crippen molar-refractivity contribution in [2.45, 2.75) is 58.4 Å². The molecule has 2 aliphatic heterocycles. The first-order valence-electron chi connectivity index (χ1n) is 9.85. The topological polar surface area (TPSA) is 61.4 Å². The smallest absolute Gasteiger partial charge is 0.253 e. The molecule has 5 nitrogen and oxygen atoms in total. The molecule has 142 valence electrons. The predicted octanol–water partition coefficient (Wildman–Crippen LogP) is 3.34. The molecule has 26 heavy (non-hydrogen) atoms. The summed E-state index contributed by atoms with van der Waals surface area (Å²) in [6.45, 7) is 8.70. The number of carbonyl (C=O) groups excluding carboxylic acids is 2. The van der Waals surface area contributed by atoms with Crippen molar-refractivity contribution < 1.29 is 9.59 Å². The number of carbonyl (C=O) groups is 2. The number of amides is 2. The van der Waals surface area contributed by atoms with E-state index in [9.17, 15) is 9.59 Å². The monoisotopic (exact) mass is 357 g/mol. The number of aryl methyl sites for hydroxylation is 1. The van der Waals surface area contributed by atoms with Crippen LogP contribution in [-0.2, 0) is 4.79 Å². The SMILES string of the molecule is Cc1cc(C(=O)N2CCC(C)CC2)ccc1NC(=O)C1(C)CCCCN1. The summed E-state index contributed by atoms with van der Waals surface area (Å²) in [5.41, 5.74) is 1.90. The van der Waals surface area contributed by atoms with Gasteiger partial charge in [0.2, 0.25) is 5.91 Å². The van der Waals surface area contributed by atoms with Crippen molar-refractivity contribution in [3.63, 3.8) is 0 Å². The van der Waals surface area contributed by atoms with Crippen LogP contribution >= 0.6 is 0 Å². The Kier molecular flexibility index (Phi) is 5.66. The maximum absolute atomic E-state index is 12.7. The highest BCUT2D eigenvalue weighted by atomic mass is 16.2. The zero-order valence-electron chi connectivity index (χ0n) is 16.2. The van der Waals surface area contributed by atoms with Crippen LogP contribution in [0.3, 0.4) is 0 Å². The van der Waals surface area contributed by atoms with Crippen LogP contribution < -0.4 is 10.6 Å². The number of anilines is 1. The Morgan fingerprint density at radius 1 is 1.23 bits per heavy atom. The average Bonchev–Trinajstić information content (AvgIpc) is 2.64. The van der Waals surface area contributed by atoms with E-state index in [0.717, 1.165) is 63.0 Å². The Morgan fingerprint density at radius 2 is 1.96 bits per heavy atom. The van der Waals surface area contributed by atoms with Gasteiger partial charge in [0, 0.05) is 24.3 Å². The molecule has 1 aromatic rings. The van der Waals surface area contributed by atoms with Crippen LogP contribution in [0.1, 0.15) is 61.9 Å². The van der Waals surface area contributed by atoms with Crippen molar-refractivity contribution in [3.8, 4) is 0 Å². The second-order valence-corrected chi connectivity index (χ2v) is 8.17. The molecule has 0 spiro atoms. The zero-order chi connectivity index (χ0) is 18.7. The molecular formula is C21H31N3O2. The van der Waals surface area contributed by atoms with E-state index in [0.29, 0.717) is 11.5 Å². The highest BCUT2D eigenvalue weighted by Crippen LogP contribution is 2.24. The van der Waals surface area contributed by atoms with E-state index >= 15 is 0 Å². The van der Waals surface area contributed by atoms with Gasteiger partial charge in [-0.25, -0.2) is 0 Å². The Balaban J connectivity index is 1.67. The molecule has 0 radical (unpaired) electrons. The molecule has 1 aromatic carbocycles. The summed E-state index contributed by atoms with van der Waals surface area (Å²) >= 11 is 0. The largest absolute Gasteiger partial charge is 0.339 e. The van der Waals surface area contributed by atoms with Gasteiger partial charge >= 0.3 is 0 Å². The van der Waals surface area contributed by atoms with Crippen LogP contribution in [-0.4, -0.2) is 41.9 Å². The molecule has 0 aliphatic carbocycles. The van der Waals surface area contributed by atoms with Gasteiger partial charge in [-0.3, -0.25) is 9.59 Å². The lowest BCUT2D eigenvalue weighted by Crippen LogP contribution is -2.54. The first-order valence-corrected chi connectivity index (χ1v) is 9.85. The van der Waals surface area contributed by atoms with Crippen LogP contribution in [0.4, 0.5) is 5.69 Å². The number of nitrogens with zero attached hydrogens (tertiary/aromatic N) is 1. The van der Waals surface area contributed by atoms with Gasteiger partial charge in [-0.15, -0.1) is 0 Å². The van der Waals surface area contributed by atoms with Crippen LogP contribution in [0.2, 0.25) is 0 Å². The van der Waals surface area contributed by atoms with Crippen molar-refractivity contribution in [3.05, 3.63) is 29.3 Å². The van der Waals surface area contributed by atoms with Gasteiger partial charge in [0.15, 0.2) is 0 Å². The molecule has 0 saturated carbocycles. The van der Waals surface area contributed by atoms with E-state index in [1.54, 1.807) is 0 Å². The molecule has 2 fully saturated rings. The molecule has 2 heterocycles. The molecule has 5 heteroatoms. The predicted molar refractivity (Wildman–Crippen MR) is 104 cm³/mol. The number of nitrogens with one attached hydrogen (secondary N) is 2. The second-order valence-electron chi connectivity index (χ2n) is 8.17. The Labute approximate surface area is 156 Å². The molecule has 1 unspecified atom stereocenters. The van der Waals surface area contributed by atoms with Crippen molar-refractivity contribution in [1.82, 2.24) is 10.2 Å². The number of rotatable bonds is 3. The molecule has 0 aromatic heterocycles. The molecular weight excluding hydrogens is 326 g/mol. The lowest BCUT2D eigenvalue weighted by atomic mass is 9.90. The minimum Gasteiger partial charge on any atom is -0.339 e. The Morgan fingerprint density at radius 3 is 2.58 bits per heavy atom. The average molecular weight is 357 g/mol. The van der Waals surface area contributed by atoms with Gasteiger partial charge in [-0.1, -0.05) is 6.92 Å². The minimum absolute atomic E-state index is 0.00407. The molecule has 2 aliphatic rings. The summed E-state index contributed by atoms with van der Waals surface area (Å²) in [7, 11) is 0. The fraction of sp³-hybridized carbons (Fsp3) is 0.619. The summed E-state index contributed by atoms with van der Waals surface area (Å²) in [5.74, 6) is 0.802. The number of likely N-dealkylation sites (tertiary alicyclic amines) is 1. The number of benzene rings is 1. The quantitative estimate of drug-likeness (QED) is 0.872. The maximum Gasteiger partial charge on any atom is 0.253 e. The van der Waals surface area contributed by atoms with Crippen LogP contribution in [0.25, 0.3) is 0 Å².